The molecule has 152 valence electrons. The number of methoxy groups -OCH3 is 1. The van der Waals surface area contributed by atoms with Gasteiger partial charge >= 0.3 is 6.03 Å². The van der Waals surface area contributed by atoms with Crippen LogP contribution in [0.25, 0.3) is 11.0 Å². The summed E-state index contributed by atoms with van der Waals surface area (Å²) in [7, 11) is 1.53. The zero-order chi connectivity index (χ0) is 21.0. The Morgan fingerprint density at radius 2 is 2.07 bits per heavy atom. The second-order valence-corrected chi connectivity index (χ2v) is 7.47. The molecule has 0 aliphatic carbocycles. The van der Waals surface area contributed by atoms with Gasteiger partial charge in [-0.25, -0.2) is 4.79 Å². The predicted molar refractivity (Wildman–Crippen MR) is 105 cm³/mol. The monoisotopic (exact) mass is 406 g/mol. The van der Waals surface area contributed by atoms with Crippen LogP contribution in [0.1, 0.15) is 27.4 Å². The largest absolute Gasteiger partial charge is 0.497 e. The molecular weight excluding hydrogens is 388 g/mol. The minimum atomic E-state index is -1.54. The summed E-state index contributed by atoms with van der Waals surface area (Å²) in [6.45, 7) is 2.06. The molecule has 1 fully saturated rings. The molecule has 2 N–H and O–H groups in total. The molecule has 2 aliphatic heterocycles. The molecule has 0 unspecified atom stereocenters. The van der Waals surface area contributed by atoms with Crippen molar-refractivity contribution >= 4 is 28.8 Å². The maximum atomic E-state index is 13.0. The number of carbonyl (C=O) groups excluding carboxylic acids is 3. The molecule has 9 heteroatoms. The van der Waals surface area contributed by atoms with E-state index >= 15 is 0 Å². The minimum absolute atomic E-state index is 0.0768. The standard InChI is InChI=1S/C21H18N4O5/c1-11-5-16-13(8-22-11)6-17(30-16)21(19(27)23-20(28)24-21)10-25-9-12-3-4-14(29-2)7-15(12)18(25)26/h3-8H,9-10H2,1-2H3,(H2,23,24,27,28)/t21-/m0/s1. The third-order valence-corrected chi connectivity index (χ3v) is 5.52. The number of aryl methyl sites for hydroxylation is 1. The number of rotatable bonds is 4. The van der Waals surface area contributed by atoms with Crippen molar-refractivity contribution in [2.45, 2.75) is 19.0 Å². The Morgan fingerprint density at radius 3 is 2.80 bits per heavy atom. The number of hydrogen-bond acceptors (Lipinski definition) is 6. The lowest BCUT2D eigenvalue weighted by molar-refractivity contribution is -0.125. The van der Waals surface area contributed by atoms with Crippen LogP contribution >= 0.6 is 0 Å². The maximum absolute atomic E-state index is 13.0. The second-order valence-electron chi connectivity index (χ2n) is 7.47. The van der Waals surface area contributed by atoms with Crippen LogP contribution in [-0.2, 0) is 16.9 Å². The first-order valence-electron chi connectivity index (χ1n) is 9.36. The molecule has 0 saturated carbocycles. The van der Waals surface area contributed by atoms with Crippen molar-refractivity contribution in [2.24, 2.45) is 0 Å². The van der Waals surface area contributed by atoms with Gasteiger partial charge in [0.1, 0.15) is 17.1 Å². The molecule has 1 saturated heterocycles. The van der Waals surface area contributed by atoms with Crippen molar-refractivity contribution in [3.8, 4) is 5.75 Å². The molecule has 2 aliphatic rings. The number of imide groups is 1. The normalized spacial score (nSPS) is 20.5. The SMILES string of the molecule is COc1ccc2c(c1)C(=O)N(C[C@@]1(c3cc4cnc(C)cc4o3)NC(=O)NC1=O)C2. The van der Waals surface area contributed by atoms with E-state index < -0.39 is 17.5 Å². The molecule has 9 nitrogen and oxygen atoms in total. The van der Waals surface area contributed by atoms with Crippen molar-refractivity contribution in [2.75, 3.05) is 13.7 Å². The molecule has 0 radical (unpaired) electrons. The van der Waals surface area contributed by atoms with E-state index in [0.29, 0.717) is 28.8 Å². The van der Waals surface area contributed by atoms with Gasteiger partial charge in [-0.15, -0.1) is 0 Å². The van der Waals surface area contributed by atoms with Crippen LogP contribution in [-0.4, -0.2) is 41.4 Å². The minimum Gasteiger partial charge on any atom is -0.497 e. The number of ether oxygens (including phenoxy) is 1. The van der Waals surface area contributed by atoms with Crippen LogP contribution in [0.15, 0.2) is 40.9 Å². The number of nitrogens with one attached hydrogen (secondary N) is 2. The highest BCUT2D eigenvalue weighted by Gasteiger charge is 2.53. The van der Waals surface area contributed by atoms with E-state index in [9.17, 15) is 14.4 Å². The Balaban J connectivity index is 1.55. The fourth-order valence-corrected chi connectivity index (χ4v) is 3.98. The number of hydrogen-bond donors (Lipinski definition) is 2. The zero-order valence-electron chi connectivity index (χ0n) is 16.3. The fraction of sp³-hybridized carbons (Fsp3) is 0.238. The smallest absolute Gasteiger partial charge is 0.322 e. The summed E-state index contributed by atoms with van der Waals surface area (Å²) in [6, 6.07) is 8.06. The number of amides is 4. The molecule has 4 amide bonds. The summed E-state index contributed by atoms with van der Waals surface area (Å²) in [5, 5.41) is 5.64. The number of fused-ring (bicyclic) bond motifs is 2. The van der Waals surface area contributed by atoms with Gasteiger partial charge in [0.15, 0.2) is 5.54 Å². The Kier molecular flexibility index (Phi) is 3.82. The van der Waals surface area contributed by atoms with Crippen molar-refractivity contribution in [1.29, 1.82) is 0 Å². The van der Waals surface area contributed by atoms with Gasteiger partial charge in [-0.1, -0.05) is 6.07 Å². The van der Waals surface area contributed by atoms with E-state index in [4.69, 9.17) is 9.15 Å². The van der Waals surface area contributed by atoms with Crippen molar-refractivity contribution in [3.63, 3.8) is 0 Å². The number of nitrogens with zero attached hydrogens (tertiary/aromatic N) is 2. The van der Waals surface area contributed by atoms with E-state index in [1.807, 2.05) is 13.0 Å². The van der Waals surface area contributed by atoms with Gasteiger partial charge in [0, 0.05) is 35.5 Å². The van der Waals surface area contributed by atoms with Crippen LogP contribution in [0, 0.1) is 6.92 Å². The number of carbonyl (C=O) groups is 3. The topological polar surface area (TPSA) is 114 Å². The lowest BCUT2D eigenvalue weighted by Gasteiger charge is -2.29. The zero-order valence-corrected chi connectivity index (χ0v) is 16.3. The summed E-state index contributed by atoms with van der Waals surface area (Å²) in [5.41, 5.74) is 1.11. The Morgan fingerprint density at radius 1 is 1.23 bits per heavy atom. The van der Waals surface area contributed by atoms with E-state index in [2.05, 4.69) is 15.6 Å². The van der Waals surface area contributed by atoms with E-state index in [1.165, 1.54) is 12.0 Å². The molecular formula is C21H18N4O5. The van der Waals surface area contributed by atoms with Crippen LogP contribution < -0.4 is 15.4 Å². The molecule has 1 atom stereocenters. The molecule has 1 aromatic carbocycles. The molecule has 5 rings (SSSR count). The van der Waals surface area contributed by atoms with Crippen LogP contribution in [0.5, 0.6) is 5.75 Å². The summed E-state index contributed by atoms with van der Waals surface area (Å²) >= 11 is 0. The van der Waals surface area contributed by atoms with Crippen LogP contribution in [0.4, 0.5) is 4.79 Å². The quantitative estimate of drug-likeness (QED) is 0.639. The Labute approximate surface area is 171 Å². The van der Waals surface area contributed by atoms with Gasteiger partial charge < -0.3 is 19.4 Å². The average Bonchev–Trinajstić information content (AvgIpc) is 3.36. The van der Waals surface area contributed by atoms with Gasteiger partial charge in [0.2, 0.25) is 0 Å². The predicted octanol–water partition coefficient (Wildman–Crippen LogP) is 1.84. The first-order chi connectivity index (χ1) is 14.4. The highest BCUT2D eigenvalue weighted by molar-refractivity contribution is 6.08. The number of urea groups is 1. The maximum Gasteiger partial charge on any atom is 0.322 e. The average molecular weight is 406 g/mol. The van der Waals surface area contributed by atoms with Gasteiger partial charge in [-0.2, -0.15) is 0 Å². The fourth-order valence-electron chi connectivity index (χ4n) is 3.98. The van der Waals surface area contributed by atoms with Crippen LogP contribution in [0.2, 0.25) is 0 Å². The number of aromatic nitrogens is 1. The summed E-state index contributed by atoms with van der Waals surface area (Å²) in [4.78, 5) is 43.7. The number of furan rings is 1. The third kappa shape index (κ3) is 2.62. The van der Waals surface area contributed by atoms with Crippen molar-refractivity contribution < 1.29 is 23.5 Å². The van der Waals surface area contributed by atoms with Crippen LogP contribution in [0.3, 0.4) is 0 Å². The van der Waals surface area contributed by atoms with Gasteiger partial charge in [-0.05, 0) is 30.7 Å². The lowest BCUT2D eigenvalue weighted by Crippen LogP contribution is -2.52. The molecule has 2 aromatic heterocycles. The summed E-state index contributed by atoms with van der Waals surface area (Å²) < 4.78 is 11.1. The van der Waals surface area contributed by atoms with Crippen molar-refractivity contribution in [1.82, 2.24) is 20.5 Å². The first-order valence-corrected chi connectivity index (χ1v) is 9.36. The molecule has 4 heterocycles. The first kappa shape index (κ1) is 18.2. The Bertz CT molecular complexity index is 1230. The van der Waals surface area contributed by atoms with Gasteiger partial charge in [0.05, 0.1) is 13.7 Å². The van der Waals surface area contributed by atoms with Gasteiger partial charge in [-0.3, -0.25) is 19.9 Å². The van der Waals surface area contributed by atoms with Gasteiger partial charge in [0.25, 0.3) is 11.8 Å². The lowest BCUT2D eigenvalue weighted by atomic mass is 9.95. The van der Waals surface area contributed by atoms with E-state index in [-0.39, 0.29) is 18.2 Å². The van der Waals surface area contributed by atoms with Crippen molar-refractivity contribution in [3.05, 3.63) is 59.1 Å². The number of benzene rings is 1. The number of pyridine rings is 1. The summed E-state index contributed by atoms with van der Waals surface area (Å²) in [6.07, 6.45) is 1.64. The van der Waals surface area contributed by atoms with E-state index in [0.717, 1.165) is 11.3 Å². The highest BCUT2D eigenvalue weighted by Crippen LogP contribution is 2.34. The Hall–Kier alpha value is -3.88. The van der Waals surface area contributed by atoms with E-state index in [1.54, 1.807) is 30.5 Å². The second kappa shape index (κ2) is 6.31. The highest BCUT2D eigenvalue weighted by atomic mass is 16.5. The molecule has 0 bridgehead atoms. The molecule has 0 spiro atoms. The summed E-state index contributed by atoms with van der Waals surface area (Å²) in [5.74, 6) is 0.00346. The molecule has 30 heavy (non-hydrogen) atoms. The molecule has 3 aromatic rings. The third-order valence-electron chi connectivity index (χ3n) is 5.52.